The molecule has 1 aliphatic rings. The highest BCUT2D eigenvalue weighted by molar-refractivity contribution is 7.52. The Hall–Kier alpha value is -2.29. The summed E-state index contributed by atoms with van der Waals surface area (Å²) in [5.41, 5.74) is 3.42. The van der Waals surface area contributed by atoms with E-state index in [0.29, 0.717) is 45.1 Å². The quantitative estimate of drug-likeness (QED) is 0.154. The predicted octanol–water partition coefficient (Wildman–Crippen LogP) is 3.10. The molecule has 0 spiro atoms. The first kappa shape index (κ1) is 26.0. The maximum absolute atomic E-state index is 13.0. The van der Waals surface area contributed by atoms with Crippen molar-refractivity contribution in [1.29, 1.82) is 0 Å². The lowest BCUT2D eigenvalue weighted by atomic mass is 10.1. The molecular formula is C21H32N3O7P. The van der Waals surface area contributed by atoms with Crippen LogP contribution in [-0.4, -0.2) is 58.2 Å². The first-order valence-electron chi connectivity index (χ1n) is 11.0. The maximum Gasteiger partial charge on any atom is 0.328 e. The second-order valence-electron chi connectivity index (χ2n) is 7.92. The van der Waals surface area contributed by atoms with E-state index in [1.165, 1.54) is 4.90 Å². The molecule has 0 saturated carbocycles. The SMILES string of the molecule is O=NNCCCC[C@H](OP(=O)(O)CCCCc1ccccc1)C(=O)N1CCC[C@H]1C(=O)O. The molecule has 10 nitrogen and oxygen atoms in total. The molecule has 1 heterocycles. The average molecular weight is 469 g/mol. The first-order chi connectivity index (χ1) is 15.3. The molecule has 178 valence electrons. The fourth-order valence-corrected chi connectivity index (χ4v) is 5.13. The number of likely N-dealkylation sites (tertiary alicyclic amines) is 1. The minimum atomic E-state index is -4.05. The summed E-state index contributed by atoms with van der Waals surface area (Å²) in [6.45, 7) is 0.585. The predicted molar refractivity (Wildman–Crippen MR) is 119 cm³/mol. The molecule has 0 bridgehead atoms. The van der Waals surface area contributed by atoms with Crippen LogP contribution in [0.4, 0.5) is 0 Å². The molecule has 1 fully saturated rings. The molecule has 0 radical (unpaired) electrons. The Morgan fingerprint density at radius 1 is 1.22 bits per heavy atom. The number of benzene rings is 1. The Labute approximate surface area is 187 Å². The van der Waals surface area contributed by atoms with Crippen molar-refractivity contribution in [2.24, 2.45) is 5.29 Å². The zero-order valence-electron chi connectivity index (χ0n) is 18.1. The summed E-state index contributed by atoms with van der Waals surface area (Å²) in [7, 11) is -4.05. The van der Waals surface area contributed by atoms with Gasteiger partial charge in [0.05, 0.1) is 6.16 Å². The van der Waals surface area contributed by atoms with Crippen LogP contribution >= 0.6 is 7.60 Å². The van der Waals surface area contributed by atoms with Gasteiger partial charge in [-0.2, -0.15) is 0 Å². The molecule has 11 heteroatoms. The molecule has 32 heavy (non-hydrogen) atoms. The summed E-state index contributed by atoms with van der Waals surface area (Å²) in [5.74, 6) is -1.67. The second kappa shape index (κ2) is 13.3. The lowest BCUT2D eigenvalue weighted by molar-refractivity contribution is -0.151. The van der Waals surface area contributed by atoms with Crippen molar-refractivity contribution in [1.82, 2.24) is 10.3 Å². The maximum atomic E-state index is 13.0. The summed E-state index contributed by atoms with van der Waals surface area (Å²) in [6.07, 6.45) is 2.65. The van der Waals surface area contributed by atoms with Crippen molar-refractivity contribution in [2.75, 3.05) is 19.3 Å². The van der Waals surface area contributed by atoms with Gasteiger partial charge in [0, 0.05) is 18.4 Å². The molecular weight excluding hydrogens is 437 g/mol. The van der Waals surface area contributed by atoms with Gasteiger partial charge < -0.3 is 14.9 Å². The monoisotopic (exact) mass is 469 g/mol. The van der Waals surface area contributed by atoms with Crippen LogP contribution in [0.2, 0.25) is 0 Å². The van der Waals surface area contributed by atoms with Crippen molar-refractivity contribution >= 4 is 19.5 Å². The van der Waals surface area contributed by atoms with Gasteiger partial charge in [0.15, 0.2) is 0 Å². The number of carboxylic acid groups (broad SMARTS) is 1. The Kier molecular flexibility index (Phi) is 10.8. The van der Waals surface area contributed by atoms with E-state index in [9.17, 15) is 29.1 Å². The Morgan fingerprint density at radius 3 is 2.66 bits per heavy atom. The number of hydrogen-bond donors (Lipinski definition) is 3. The van der Waals surface area contributed by atoms with E-state index in [-0.39, 0.29) is 19.1 Å². The highest BCUT2D eigenvalue weighted by Gasteiger charge is 2.39. The van der Waals surface area contributed by atoms with Crippen molar-refractivity contribution in [3.8, 4) is 0 Å². The van der Waals surface area contributed by atoms with Crippen molar-refractivity contribution in [3.63, 3.8) is 0 Å². The Balaban J connectivity index is 1.93. The molecule has 1 amide bonds. The lowest BCUT2D eigenvalue weighted by Gasteiger charge is -2.28. The summed E-state index contributed by atoms with van der Waals surface area (Å²) >= 11 is 0. The van der Waals surface area contributed by atoms with E-state index >= 15 is 0 Å². The largest absolute Gasteiger partial charge is 0.480 e. The third-order valence-electron chi connectivity index (χ3n) is 5.46. The van der Waals surface area contributed by atoms with Crippen LogP contribution in [0.5, 0.6) is 0 Å². The number of carboxylic acids is 1. The van der Waals surface area contributed by atoms with Crippen LogP contribution in [0, 0.1) is 4.91 Å². The Morgan fingerprint density at radius 2 is 1.97 bits per heavy atom. The van der Waals surface area contributed by atoms with Crippen LogP contribution < -0.4 is 5.43 Å². The summed E-state index contributed by atoms with van der Waals surface area (Å²) in [6, 6.07) is 8.85. The lowest BCUT2D eigenvalue weighted by Crippen LogP contribution is -2.46. The van der Waals surface area contributed by atoms with Crippen molar-refractivity contribution < 1.29 is 28.7 Å². The molecule has 0 aromatic heterocycles. The average Bonchev–Trinajstić information content (AvgIpc) is 3.26. The van der Waals surface area contributed by atoms with Gasteiger partial charge in [0.25, 0.3) is 5.91 Å². The topological polar surface area (TPSA) is 146 Å². The fourth-order valence-electron chi connectivity index (χ4n) is 3.81. The number of carbonyl (C=O) groups is 2. The third kappa shape index (κ3) is 8.68. The molecule has 1 aromatic rings. The van der Waals surface area contributed by atoms with Gasteiger partial charge in [0.1, 0.15) is 12.1 Å². The molecule has 1 unspecified atom stereocenters. The molecule has 1 aliphatic heterocycles. The first-order valence-corrected chi connectivity index (χ1v) is 12.7. The number of nitrogens with zero attached hydrogens (tertiary/aromatic N) is 2. The van der Waals surface area contributed by atoms with E-state index in [2.05, 4.69) is 10.7 Å². The summed E-state index contributed by atoms with van der Waals surface area (Å²) in [5, 5.41) is 11.9. The van der Waals surface area contributed by atoms with Crippen LogP contribution in [-0.2, 0) is 25.1 Å². The fraction of sp³-hybridized carbons (Fsp3) is 0.619. The highest BCUT2D eigenvalue weighted by atomic mass is 31.2. The zero-order chi connectivity index (χ0) is 23.4. The van der Waals surface area contributed by atoms with E-state index in [4.69, 9.17) is 4.52 Å². The minimum absolute atomic E-state index is 0.0808. The van der Waals surface area contributed by atoms with Gasteiger partial charge in [-0.1, -0.05) is 30.3 Å². The number of nitroso groups, excluding NO2 is 1. The number of hydrogen-bond acceptors (Lipinski definition) is 6. The molecule has 0 aliphatic carbocycles. The smallest absolute Gasteiger partial charge is 0.328 e. The van der Waals surface area contributed by atoms with Crippen LogP contribution in [0.1, 0.15) is 50.5 Å². The second-order valence-corrected chi connectivity index (χ2v) is 9.85. The van der Waals surface area contributed by atoms with Crippen LogP contribution in [0.25, 0.3) is 0 Å². The third-order valence-corrected chi connectivity index (χ3v) is 6.92. The normalized spacial score (nSPS) is 18.7. The Bertz CT molecular complexity index is 793. The van der Waals surface area contributed by atoms with Crippen molar-refractivity contribution in [3.05, 3.63) is 40.8 Å². The van der Waals surface area contributed by atoms with Gasteiger partial charge in [-0.3, -0.25) is 19.3 Å². The zero-order valence-corrected chi connectivity index (χ0v) is 19.0. The molecule has 3 atom stereocenters. The molecule has 3 N–H and O–H groups in total. The number of aliphatic carboxylic acids is 1. The molecule has 1 aromatic carbocycles. The number of nitrogens with one attached hydrogen (secondary N) is 1. The van der Waals surface area contributed by atoms with E-state index < -0.39 is 31.6 Å². The summed E-state index contributed by atoms with van der Waals surface area (Å²) in [4.78, 5) is 46.2. The van der Waals surface area contributed by atoms with Gasteiger partial charge in [-0.25, -0.2) is 4.79 Å². The van der Waals surface area contributed by atoms with E-state index in [1.54, 1.807) is 0 Å². The molecule has 2 rings (SSSR count). The van der Waals surface area contributed by atoms with Gasteiger partial charge in [-0.15, -0.1) is 4.91 Å². The van der Waals surface area contributed by atoms with Gasteiger partial charge in [0.2, 0.25) is 0 Å². The van der Waals surface area contributed by atoms with Crippen molar-refractivity contribution in [2.45, 2.75) is 63.5 Å². The van der Waals surface area contributed by atoms with Crippen LogP contribution in [0.3, 0.4) is 0 Å². The van der Waals surface area contributed by atoms with Crippen LogP contribution in [0.15, 0.2) is 35.6 Å². The standard InChI is InChI=1S/C21H32N3O7P/c25-20(24-15-8-12-18(24)21(26)27)19(13-4-6-14-22-23-28)31-32(29,30)16-7-5-11-17-9-2-1-3-10-17/h1-3,9-10,18-19H,4-8,11-16H2,(H,22,28)(H,26,27)(H,29,30)/t18-,19-/m0/s1. The molecule has 1 saturated heterocycles. The number of aryl methyl sites for hydroxylation is 1. The van der Waals surface area contributed by atoms with E-state index in [1.807, 2.05) is 30.3 Å². The van der Waals surface area contributed by atoms with Gasteiger partial charge in [-0.05, 0) is 56.9 Å². The highest BCUT2D eigenvalue weighted by Crippen LogP contribution is 2.45. The number of unbranched alkanes of at least 4 members (excludes halogenated alkanes) is 2. The minimum Gasteiger partial charge on any atom is -0.480 e. The number of carbonyl (C=O) groups excluding carboxylic acids is 1. The summed E-state index contributed by atoms with van der Waals surface area (Å²) < 4.78 is 18.1. The number of rotatable bonds is 15. The number of amides is 1. The van der Waals surface area contributed by atoms with Gasteiger partial charge >= 0.3 is 13.6 Å². The van der Waals surface area contributed by atoms with E-state index in [0.717, 1.165) is 12.0 Å².